The molecule has 0 amide bonds. The topological polar surface area (TPSA) is 38.7 Å². The molecule has 0 saturated heterocycles. The third-order valence-electron chi connectivity index (χ3n) is 3.65. The molecule has 3 heteroatoms. The van der Waals surface area contributed by atoms with E-state index >= 15 is 0 Å². The van der Waals surface area contributed by atoms with E-state index < -0.39 is 5.60 Å². The highest BCUT2D eigenvalue weighted by atomic mass is 16.5. The van der Waals surface area contributed by atoms with Gasteiger partial charge in [-0.15, -0.1) is 0 Å². The number of ether oxygens (including phenoxy) is 2. The van der Waals surface area contributed by atoms with Crippen LogP contribution in [0.2, 0.25) is 0 Å². The molecular weight excluding hydrogens is 252 g/mol. The average molecular weight is 270 g/mol. The van der Waals surface area contributed by atoms with Gasteiger partial charge in [0.2, 0.25) is 0 Å². The van der Waals surface area contributed by atoms with Gasteiger partial charge in [0.05, 0.1) is 13.2 Å². The molecule has 0 aliphatic carbocycles. The van der Waals surface area contributed by atoms with E-state index in [0.717, 1.165) is 23.3 Å². The number of aliphatic hydroxyl groups is 1. The Morgan fingerprint density at radius 3 is 2.35 bits per heavy atom. The van der Waals surface area contributed by atoms with Crippen LogP contribution in [-0.4, -0.2) is 18.3 Å². The molecule has 3 rings (SSSR count). The van der Waals surface area contributed by atoms with E-state index in [0.29, 0.717) is 19.0 Å². The van der Waals surface area contributed by atoms with Crippen molar-refractivity contribution in [1.82, 2.24) is 0 Å². The first-order valence-corrected chi connectivity index (χ1v) is 6.86. The molecule has 104 valence electrons. The summed E-state index contributed by atoms with van der Waals surface area (Å²) in [7, 11) is 0. The highest BCUT2D eigenvalue weighted by Crippen LogP contribution is 2.36. The van der Waals surface area contributed by atoms with Gasteiger partial charge in [-0.2, -0.15) is 0 Å². The van der Waals surface area contributed by atoms with Crippen molar-refractivity contribution in [2.24, 2.45) is 0 Å². The Morgan fingerprint density at radius 1 is 0.900 bits per heavy atom. The van der Waals surface area contributed by atoms with E-state index in [9.17, 15) is 5.11 Å². The molecule has 0 spiro atoms. The molecule has 1 aliphatic heterocycles. The van der Waals surface area contributed by atoms with Gasteiger partial charge >= 0.3 is 0 Å². The number of hydrogen-bond donors (Lipinski definition) is 1. The van der Waals surface area contributed by atoms with Crippen molar-refractivity contribution in [3.05, 3.63) is 59.7 Å². The molecule has 2 aromatic carbocycles. The first kappa shape index (κ1) is 13.0. The van der Waals surface area contributed by atoms with Crippen molar-refractivity contribution >= 4 is 0 Å². The summed E-state index contributed by atoms with van der Waals surface area (Å²) in [5.74, 6) is 1.45. The van der Waals surface area contributed by atoms with Crippen molar-refractivity contribution in [2.75, 3.05) is 13.2 Å². The summed E-state index contributed by atoms with van der Waals surface area (Å²) in [5.41, 5.74) is 0.605. The second kappa shape index (κ2) is 5.17. The maximum Gasteiger partial charge on any atom is 0.161 e. The quantitative estimate of drug-likeness (QED) is 0.911. The summed E-state index contributed by atoms with van der Waals surface area (Å²) in [6.07, 6.45) is 0.874. The first-order chi connectivity index (χ1) is 9.68. The second-order valence-electron chi connectivity index (χ2n) is 5.15. The van der Waals surface area contributed by atoms with Gasteiger partial charge in [0.1, 0.15) is 5.60 Å². The van der Waals surface area contributed by atoms with E-state index in [1.165, 1.54) is 0 Å². The molecular formula is C17H18O3. The minimum Gasteiger partial charge on any atom is -0.490 e. The van der Waals surface area contributed by atoms with Crippen LogP contribution in [0.5, 0.6) is 11.5 Å². The van der Waals surface area contributed by atoms with Gasteiger partial charge in [-0.05, 0) is 30.2 Å². The normalized spacial score (nSPS) is 17.1. The number of rotatable bonds is 2. The van der Waals surface area contributed by atoms with E-state index in [-0.39, 0.29) is 0 Å². The Bertz CT molecular complexity index is 590. The largest absolute Gasteiger partial charge is 0.490 e. The van der Waals surface area contributed by atoms with Crippen LogP contribution < -0.4 is 9.47 Å². The van der Waals surface area contributed by atoms with Gasteiger partial charge < -0.3 is 14.6 Å². The van der Waals surface area contributed by atoms with Gasteiger partial charge in [0.25, 0.3) is 0 Å². The van der Waals surface area contributed by atoms with Crippen molar-refractivity contribution in [2.45, 2.75) is 18.9 Å². The number of hydrogen-bond acceptors (Lipinski definition) is 3. The molecule has 20 heavy (non-hydrogen) atoms. The monoisotopic (exact) mass is 270 g/mol. The Morgan fingerprint density at radius 2 is 1.60 bits per heavy atom. The lowest BCUT2D eigenvalue weighted by molar-refractivity contribution is 0.102. The van der Waals surface area contributed by atoms with Gasteiger partial charge in [-0.1, -0.05) is 36.4 Å². The molecule has 0 aromatic heterocycles. The Labute approximate surface area is 118 Å². The van der Waals surface area contributed by atoms with E-state index in [1.807, 2.05) is 48.5 Å². The highest BCUT2D eigenvalue weighted by Gasteiger charge is 2.27. The second-order valence-corrected chi connectivity index (χ2v) is 5.15. The zero-order chi connectivity index (χ0) is 14.0. The van der Waals surface area contributed by atoms with E-state index in [4.69, 9.17) is 9.47 Å². The standard InChI is InChI=1S/C17H18O3/c1-17(18,13-6-3-2-4-7-13)14-8-9-15-16(12-14)20-11-5-10-19-15/h2-4,6-9,12,18H,5,10-11H2,1H3. The summed E-state index contributed by atoms with van der Waals surface area (Å²) < 4.78 is 11.3. The maximum absolute atomic E-state index is 10.8. The molecule has 0 radical (unpaired) electrons. The van der Waals surface area contributed by atoms with Gasteiger partial charge in [0.15, 0.2) is 11.5 Å². The summed E-state index contributed by atoms with van der Waals surface area (Å²) in [4.78, 5) is 0. The lowest BCUT2D eigenvalue weighted by atomic mass is 9.88. The average Bonchev–Trinajstić information content (AvgIpc) is 2.72. The lowest BCUT2D eigenvalue weighted by Gasteiger charge is -2.25. The molecule has 1 N–H and O–H groups in total. The van der Waals surface area contributed by atoms with Crippen molar-refractivity contribution < 1.29 is 14.6 Å². The predicted molar refractivity (Wildman–Crippen MR) is 77.2 cm³/mol. The molecule has 0 bridgehead atoms. The Balaban J connectivity index is 2.00. The zero-order valence-electron chi connectivity index (χ0n) is 11.5. The highest BCUT2D eigenvalue weighted by molar-refractivity contribution is 5.47. The molecule has 1 heterocycles. The predicted octanol–water partition coefficient (Wildman–Crippen LogP) is 3.10. The molecule has 0 fully saturated rings. The molecule has 1 unspecified atom stereocenters. The molecule has 3 nitrogen and oxygen atoms in total. The van der Waals surface area contributed by atoms with Gasteiger partial charge in [-0.25, -0.2) is 0 Å². The maximum atomic E-state index is 10.8. The third-order valence-corrected chi connectivity index (χ3v) is 3.65. The molecule has 2 aromatic rings. The zero-order valence-corrected chi connectivity index (χ0v) is 11.5. The van der Waals surface area contributed by atoms with Crippen LogP contribution in [0.1, 0.15) is 24.5 Å². The van der Waals surface area contributed by atoms with Crippen molar-refractivity contribution in [3.8, 4) is 11.5 Å². The summed E-state index contributed by atoms with van der Waals surface area (Å²) in [6, 6.07) is 15.3. The van der Waals surface area contributed by atoms with E-state index in [1.54, 1.807) is 6.92 Å². The van der Waals surface area contributed by atoms with Crippen LogP contribution >= 0.6 is 0 Å². The summed E-state index contributed by atoms with van der Waals surface area (Å²) >= 11 is 0. The summed E-state index contributed by atoms with van der Waals surface area (Å²) in [6.45, 7) is 3.10. The molecule has 0 saturated carbocycles. The number of benzene rings is 2. The Hall–Kier alpha value is -2.00. The third kappa shape index (κ3) is 2.37. The van der Waals surface area contributed by atoms with Crippen LogP contribution in [0.15, 0.2) is 48.5 Å². The minimum atomic E-state index is -1.05. The Kier molecular flexibility index (Phi) is 3.36. The van der Waals surface area contributed by atoms with Crippen LogP contribution in [-0.2, 0) is 5.60 Å². The number of fused-ring (bicyclic) bond motifs is 1. The fourth-order valence-electron chi connectivity index (χ4n) is 2.40. The van der Waals surface area contributed by atoms with Crippen LogP contribution in [0.25, 0.3) is 0 Å². The van der Waals surface area contributed by atoms with Crippen molar-refractivity contribution in [1.29, 1.82) is 0 Å². The van der Waals surface area contributed by atoms with Crippen LogP contribution in [0.3, 0.4) is 0 Å². The fraction of sp³-hybridized carbons (Fsp3) is 0.294. The van der Waals surface area contributed by atoms with Crippen LogP contribution in [0, 0.1) is 0 Å². The fourth-order valence-corrected chi connectivity index (χ4v) is 2.40. The minimum absolute atomic E-state index is 0.643. The van der Waals surface area contributed by atoms with Crippen LogP contribution in [0.4, 0.5) is 0 Å². The van der Waals surface area contributed by atoms with E-state index in [2.05, 4.69) is 0 Å². The van der Waals surface area contributed by atoms with Crippen molar-refractivity contribution in [3.63, 3.8) is 0 Å². The summed E-state index contributed by atoms with van der Waals surface area (Å²) in [5, 5.41) is 10.8. The first-order valence-electron chi connectivity index (χ1n) is 6.86. The molecule has 1 atom stereocenters. The van der Waals surface area contributed by atoms with Gasteiger partial charge in [0, 0.05) is 6.42 Å². The smallest absolute Gasteiger partial charge is 0.161 e. The SMILES string of the molecule is CC(O)(c1ccccc1)c1ccc2c(c1)OCCCO2. The van der Waals surface area contributed by atoms with Gasteiger partial charge in [-0.3, -0.25) is 0 Å². The molecule has 1 aliphatic rings. The lowest BCUT2D eigenvalue weighted by Crippen LogP contribution is -2.22.